The lowest BCUT2D eigenvalue weighted by molar-refractivity contribution is 1.13. The van der Waals surface area contributed by atoms with Crippen molar-refractivity contribution in [1.29, 1.82) is 0 Å². The predicted molar refractivity (Wildman–Crippen MR) is 81.6 cm³/mol. The molecule has 0 aliphatic carbocycles. The molecule has 1 nitrogen and oxygen atoms in total. The molecule has 0 aliphatic heterocycles. The molecule has 2 aromatic rings. The fourth-order valence-corrected chi connectivity index (χ4v) is 2.87. The number of benzene rings is 2. The second-order valence-corrected chi connectivity index (χ2v) is 5.72. The van der Waals surface area contributed by atoms with Crippen molar-refractivity contribution in [3.05, 3.63) is 51.4 Å². The molecule has 0 spiro atoms. The summed E-state index contributed by atoms with van der Waals surface area (Å²) in [6.45, 7) is 0. The van der Waals surface area contributed by atoms with Crippen LogP contribution in [0.4, 0.5) is 5.69 Å². The van der Waals surface area contributed by atoms with Crippen LogP contribution in [-0.4, -0.2) is 14.1 Å². The Hall–Kier alpha value is -0.800. The smallest absolute Gasteiger partial charge is 0.0452 e. The van der Waals surface area contributed by atoms with Gasteiger partial charge in [0.05, 0.1) is 0 Å². The summed E-state index contributed by atoms with van der Waals surface area (Å²) in [5.41, 5.74) is 3.61. The van der Waals surface area contributed by atoms with E-state index in [1.165, 1.54) is 16.8 Å². The van der Waals surface area contributed by atoms with E-state index in [0.717, 1.165) is 8.95 Å². The molecule has 0 N–H and O–H groups in total. The minimum Gasteiger partial charge on any atom is -0.377 e. The summed E-state index contributed by atoms with van der Waals surface area (Å²) in [6.07, 6.45) is 0. The highest BCUT2D eigenvalue weighted by Gasteiger charge is 2.12. The summed E-state index contributed by atoms with van der Waals surface area (Å²) < 4.78 is 2.21. The lowest BCUT2D eigenvalue weighted by atomic mass is 10.0. The average Bonchev–Trinajstić information content (AvgIpc) is 2.30. The van der Waals surface area contributed by atoms with Gasteiger partial charge in [-0.15, -0.1) is 0 Å². The van der Waals surface area contributed by atoms with Gasteiger partial charge in [-0.25, -0.2) is 0 Å². The second kappa shape index (κ2) is 5.23. The first-order chi connectivity index (χ1) is 8.11. The maximum absolute atomic E-state index is 3.64. The first kappa shape index (κ1) is 12.7. The Morgan fingerprint density at radius 1 is 0.824 bits per heavy atom. The fraction of sp³-hybridized carbons (Fsp3) is 0.143. The third-order valence-corrected chi connectivity index (χ3v) is 3.97. The van der Waals surface area contributed by atoms with Gasteiger partial charge in [0.2, 0.25) is 0 Å². The quantitative estimate of drug-likeness (QED) is 0.737. The van der Waals surface area contributed by atoms with Gasteiger partial charge < -0.3 is 4.90 Å². The highest BCUT2D eigenvalue weighted by Crippen LogP contribution is 2.39. The van der Waals surface area contributed by atoms with Gasteiger partial charge in [-0.3, -0.25) is 0 Å². The van der Waals surface area contributed by atoms with Gasteiger partial charge in [-0.05, 0) is 23.8 Å². The zero-order valence-corrected chi connectivity index (χ0v) is 12.9. The Bertz CT molecular complexity index is 535. The van der Waals surface area contributed by atoms with E-state index in [1.807, 2.05) is 6.07 Å². The topological polar surface area (TPSA) is 3.24 Å². The standard InChI is InChI=1S/C14H13Br2N/c1-17(2)13-9-5-8-12(16)14(13)10-6-3-4-7-11(10)15/h3-9H,1-2H3. The highest BCUT2D eigenvalue weighted by molar-refractivity contribution is 9.11. The summed E-state index contributed by atoms with van der Waals surface area (Å²) in [5, 5.41) is 0. The molecule has 0 atom stereocenters. The number of anilines is 1. The van der Waals surface area contributed by atoms with Crippen LogP contribution in [0.3, 0.4) is 0 Å². The molecule has 0 bridgehead atoms. The maximum atomic E-state index is 3.64. The number of nitrogens with zero attached hydrogens (tertiary/aromatic N) is 1. The molecular weight excluding hydrogens is 342 g/mol. The Morgan fingerprint density at radius 2 is 1.47 bits per heavy atom. The summed E-state index contributed by atoms with van der Waals surface area (Å²) in [4.78, 5) is 2.12. The molecule has 0 heterocycles. The molecule has 3 heteroatoms. The van der Waals surface area contributed by atoms with Crippen LogP contribution < -0.4 is 4.90 Å². The summed E-state index contributed by atoms with van der Waals surface area (Å²) in [5.74, 6) is 0. The normalized spacial score (nSPS) is 10.4. The minimum atomic E-state index is 1.11. The highest BCUT2D eigenvalue weighted by atomic mass is 79.9. The lowest BCUT2D eigenvalue weighted by Gasteiger charge is -2.19. The molecular formula is C14H13Br2N. The molecule has 0 saturated heterocycles. The van der Waals surface area contributed by atoms with Crippen LogP contribution in [0.5, 0.6) is 0 Å². The first-order valence-corrected chi connectivity index (χ1v) is 6.90. The maximum Gasteiger partial charge on any atom is 0.0452 e. The van der Waals surface area contributed by atoms with Crippen molar-refractivity contribution in [2.45, 2.75) is 0 Å². The predicted octanol–water partition coefficient (Wildman–Crippen LogP) is 4.94. The van der Waals surface area contributed by atoms with E-state index < -0.39 is 0 Å². The Morgan fingerprint density at radius 3 is 2.12 bits per heavy atom. The van der Waals surface area contributed by atoms with Crippen molar-refractivity contribution in [3.63, 3.8) is 0 Å². The van der Waals surface area contributed by atoms with Crippen LogP contribution in [0, 0.1) is 0 Å². The van der Waals surface area contributed by atoms with Gasteiger partial charge in [0.15, 0.2) is 0 Å². The first-order valence-electron chi connectivity index (χ1n) is 5.32. The van der Waals surface area contributed by atoms with Crippen molar-refractivity contribution in [2.24, 2.45) is 0 Å². The molecule has 0 saturated carbocycles. The number of hydrogen-bond acceptors (Lipinski definition) is 1. The molecule has 0 amide bonds. The molecule has 2 rings (SSSR count). The van der Waals surface area contributed by atoms with Crippen molar-refractivity contribution in [1.82, 2.24) is 0 Å². The third-order valence-electron chi connectivity index (χ3n) is 2.62. The monoisotopic (exact) mass is 353 g/mol. The Kier molecular flexibility index (Phi) is 3.89. The van der Waals surface area contributed by atoms with E-state index in [1.54, 1.807) is 0 Å². The van der Waals surface area contributed by atoms with Crippen molar-refractivity contribution < 1.29 is 0 Å². The van der Waals surface area contributed by atoms with E-state index in [2.05, 4.69) is 87.3 Å². The van der Waals surface area contributed by atoms with E-state index in [0.29, 0.717) is 0 Å². The van der Waals surface area contributed by atoms with Gasteiger partial charge in [0.25, 0.3) is 0 Å². The zero-order chi connectivity index (χ0) is 12.4. The Labute approximate surface area is 119 Å². The van der Waals surface area contributed by atoms with Crippen molar-refractivity contribution >= 4 is 37.5 Å². The van der Waals surface area contributed by atoms with Gasteiger partial charge in [0.1, 0.15) is 0 Å². The van der Waals surface area contributed by atoms with Crippen LogP contribution in [0.15, 0.2) is 51.4 Å². The SMILES string of the molecule is CN(C)c1cccc(Br)c1-c1ccccc1Br. The van der Waals surface area contributed by atoms with E-state index in [4.69, 9.17) is 0 Å². The fourth-order valence-electron chi connectivity index (χ4n) is 1.82. The van der Waals surface area contributed by atoms with Crippen LogP contribution >= 0.6 is 31.9 Å². The van der Waals surface area contributed by atoms with Crippen LogP contribution in [0.1, 0.15) is 0 Å². The van der Waals surface area contributed by atoms with Gasteiger partial charge >= 0.3 is 0 Å². The summed E-state index contributed by atoms with van der Waals surface area (Å²) >= 11 is 7.25. The number of hydrogen-bond donors (Lipinski definition) is 0. The molecule has 17 heavy (non-hydrogen) atoms. The van der Waals surface area contributed by atoms with Crippen LogP contribution in [0.2, 0.25) is 0 Å². The average molecular weight is 355 g/mol. The molecule has 0 aromatic heterocycles. The van der Waals surface area contributed by atoms with Crippen molar-refractivity contribution in [3.8, 4) is 11.1 Å². The lowest BCUT2D eigenvalue weighted by Crippen LogP contribution is -2.10. The van der Waals surface area contributed by atoms with E-state index >= 15 is 0 Å². The van der Waals surface area contributed by atoms with Gasteiger partial charge in [0, 0.05) is 34.3 Å². The van der Waals surface area contributed by atoms with Gasteiger partial charge in [-0.2, -0.15) is 0 Å². The molecule has 0 radical (unpaired) electrons. The van der Waals surface area contributed by atoms with E-state index in [-0.39, 0.29) is 0 Å². The van der Waals surface area contributed by atoms with Gasteiger partial charge in [-0.1, -0.05) is 56.1 Å². The second-order valence-electron chi connectivity index (χ2n) is 4.01. The molecule has 2 aromatic carbocycles. The largest absolute Gasteiger partial charge is 0.377 e. The van der Waals surface area contributed by atoms with E-state index in [9.17, 15) is 0 Å². The molecule has 88 valence electrons. The third kappa shape index (κ3) is 2.55. The van der Waals surface area contributed by atoms with Crippen LogP contribution in [-0.2, 0) is 0 Å². The summed E-state index contributed by atoms with van der Waals surface area (Å²) in [7, 11) is 4.12. The van der Waals surface area contributed by atoms with Crippen LogP contribution in [0.25, 0.3) is 11.1 Å². The molecule has 0 fully saturated rings. The molecule has 0 aliphatic rings. The number of rotatable bonds is 2. The summed E-state index contributed by atoms with van der Waals surface area (Å²) in [6, 6.07) is 14.5. The van der Waals surface area contributed by atoms with Crippen molar-refractivity contribution in [2.75, 3.05) is 19.0 Å². The molecule has 0 unspecified atom stereocenters. The zero-order valence-electron chi connectivity index (χ0n) is 9.74. The minimum absolute atomic E-state index is 1.11. The number of halogens is 2. The Balaban J connectivity index is 2.70.